The molecule has 1 atom stereocenters. The van der Waals surface area contributed by atoms with Crippen molar-refractivity contribution in [3.8, 4) is 0 Å². The Kier molecular flexibility index (Phi) is 7.88. The quantitative estimate of drug-likeness (QED) is 0.490. The largest absolute Gasteiger partial charge is 0.356 e. The van der Waals surface area contributed by atoms with Crippen molar-refractivity contribution in [2.24, 2.45) is 5.92 Å². The molecular formula is C23H32N6O. The molecule has 1 amide bonds. The first kappa shape index (κ1) is 21.9. The monoisotopic (exact) mass is 408 g/mol. The zero-order valence-corrected chi connectivity index (χ0v) is 18.3. The van der Waals surface area contributed by atoms with Crippen molar-refractivity contribution < 1.29 is 4.79 Å². The lowest BCUT2D eigenvalue weighted by atomic mass is 10.0. The van der Waals surface area contributed by atoms with E-state index in [1.807, 2.05) is 25.4 Å². The number of hydrogen-bond donors (Lipinski definition) is 1. The SMILES string of the molecule is CCc1cncc(CC(C)CCNC(=O)CCCCn2c(C)nc3cnccc32)n1. The van der Waals surface area contributed by atoms with Crippen LogP contribution in [-0.2, 0) is 24.2 Å². The van der Waals surface area contributed by atoms with Crippen LogP contribution >= 0.6 is 0 Å². The number of aryl methyl sites for hydroxylation is 3. The molecule has 0 bridgehead atoms. The molecule has 7 heteroatoms. The number of nitrogens with zero attached hydrogens (tertiary/aromatic N) is 5. The van der Waals surface area contributed by atoms with Crippen molar-refractivity contribution in [1.82, 2.24) is 29.8 Å². The van der Waals surface area contributed by atoms with E-state index < -0.39 is 0 Å². The number of imidazole rings is 1. The Hall–Kier alpha value is -2.83. The van der Waals surface area contributed by atoms with Gasteiger partial charge in [0.2, 0.25) is 5.91 Å². The Balaban J connectivity index is 1.32. The molecule has 0 radical (unpaired) electrons. The van der Waals surface area contributed by atoms with Crippen molar-refractivity contribution in [2.75, 3.05) is 6.54 Å². The molecule has 0 fully saturated rings. The molecule has 0 aliphatic heterocycles. The maximum atomic E-state index is 12.1. The fourth-order valence-corrected chi connectivity index (χ4v) is 3.67. The summed E-state index contributed by atoms with van der Waals surface area (Å²) in [6, 6.07) is 1.99. The summed E-state index contributed by atoms with van der Waals surface area (Å²) in [5, 5.41) is 3.05. The van der Waals surface area contributed by atoms with Crippen LogP contribution in [0.25, 0.3) is 11.0 Å². The summed E-state index contributed by atoms with van der Waals surface area (Å²) in [7, 11) is 0. The van der Waals surface area contributed by atoms with Crippen LogP contribution < -0.4 is 5.32 Å². The van der Waals surface area contributed by atoms with Gasteiger partial charge >= 0.3 is 0 Å². The van der Waals surface area contributed by atoms with Crippen LogP contribution in [0.1, 0.15) is 56.7 Å². The first-order valence-electron chi connectivity index (χ1n) is 10.9. The molecule has 30 heavy (non-hydrogen) atoms. The highest BCUT2D eigenvalue weighted by molar-refractivity contribution is 5.76. The third-order valence-electron chi connectivity index (χ3n) is 5.39. The minimum absolute atomic E-state index is 0.131. The molecule has 3 aromatic rings. The first-order chi connectivity index (χ1) is 14.6. The van der Waals surface area contributed by atoms with Gasteiger partial charge in [0.15, 0.2) is 0 Å². The summed E-state index contributed by atoms with van der Waals surface area (Å²) < 4.78 is 2.20. The first-order valence-corrected chi connectivity index (χ1v) is 10.9. The normalized spacial score (nSPS) is 12.2. The molecule has 160 valence electrons. The van der Waals surface area contributed by atoms with Crippen LogP contribution in [0.2, 0.25) is 0 Å². The second-order valence-corrected chi connectivity index (χ2v) is 7.94. The van der Waals surface area contributed by atoms with Crippen LogP contribution in [0.15, 0.2) is 30.9 Å². The Morgan fingerprint density at radius 2 is 1.97 bits per heavy atom. The number of hydrogen-bond acceptors (Lipinski definition) is 5. The van der Waals surface area contributed by atoms with E-state index in [1.165, 1.54) is 0 Å². The number of carbonyl (C=O) groups excluding carboxylic acids is 1. The smallest absolute Gasteiger partial charge is 0.219 e. The Morgan fingerprint density at radius 3 is 2.80 bits per heavy atom. The fourth-order valence-electron chi connectivity index (χ4n) is 3.67. The standard InChI is InChI=1S/C23H32N6O/c1-4-19-14-25-15-20(28-19)13-17(2)8-11-26-23(30)7-5-6-12-29-18(3)27-21-16-24-10-9-22(21)29/h9-10,14-17H,4-8,11-13H2,1-3H3,(H,26,30). The number of rotatable bonds is 11. The van der Waals surface area contributed by atoms with Gasteiger partial charge in [0.05, 0.1) is 23.1 Å². The van der Waals surface area contributed by atoms with E-state index in [0.717, 1.165) is 66.9 Å². The molecule has 0 aliphatic carbocycles. The van der Waals surface area contributed by atoms with Gasteiger partial charge < -0.3 is 9.88 Å². The van der Waals surface area contributed by atoms with Crippen LogP contribution in [-0.4, -0.2) is 37.0 Å². The summed E-state index contributed by atoms with van der Waals surface area (Å²) in [5.74, 6) is 1.58. The van der Waals surface area contributed by atoms with E-state index in [2.05, 4.69) is 43.7 Å². The lowest BCUT2D eigenvalue weighted by Gasteiger charge is -2.12. The van der Waals surface area contributed by atoms with Crippen molar-refractivity contribution in [3.05, 3.63) is 48.1 Å². The van der Waals surface area contributed by atoms with E-state index in [4.69, 9.17) is 0 Å². The minimum Gasteiger partial charge on any atom is -0.356 e. The van der Waals surface area contributed by atoms with Crippen molar-refractivity contribution in [3.63, 3.8) is 0 Å². The number of nitrogens with one attached hydrogen (secondary N) is 1. The van der Waals surface area contributed by atoms with Gasteiger partial charge in [-0.15, -0.1) is 0 Å². The van der Waals surface area contributed by atoms with Crippen LogP contribution in [0.5, 0.6) is 0 Å². The molecule has 0 saturated carbocycles. The summed E-state index contributed by atoms with van der Waals surface area (Å²) in [6.45, 7) is 7.87. The average Bonchev–Trinajstić information content (AvgIpc) is 3.06. The van der Waals surface area contributed by atoms with Crippen LogP contribution in [0, 0.1) is 12.8 Å². The van der Waals surface area contributed by atoms with Crippen molar-refractivity contribution in [1.29, 1.82) is 0 Å². The number of fused-ring (bicyclic) bond motifs is 1. The Morgan fingerprint density at radius 1 is 1.13 bits per heavy atom. The highest BCUT2D eigenvalue weighted by Gasteiger charge is 2.09. The van der Waals surface area contributed by atoms with Gasteiger partial charge in [0, 0.05) is 38.1 Å². The van der Waals surface area contributed by atoms with E-state index in [0.29, 0.717) is 18.9 Å². The van der Waals surface area contributed by atoms with E-state index in [9.17, 15) is 4.79 Å². The third kappa shape index (κ3) is 6.08. The molecule has 7 nitrogen and oxygen atoms in total. The third-order valence-corrected chi connectivity index (χ3v) is 5.39. The van der Waals surface area contributed by atoms with Gasteiger partial charge in [0.25, 0.3) is 0 Å². The minimum atomic E-state index is 0.131. The summed E-state index contributed by atoms with van der Waals surface area (Å²) in [5.41, 5.74) is 4.10. The molecule has 1 N–H and O–H groups in total. The number of carbonyl (C=O) groups is 1. The maximum absolute atomic E-state index is 12.1. The zero-order valence-electron chi connectivity index (χ0n) is 18.3. The molecule has 3 aromatic heterocycles. The fraction of sp³-hybridized carbons (Fsp3) is 0.522. The van der Waals surface area contributed by atoms with Crippen molar-refractivity contribution >= 4 is 16.9 Å². The molecule has 0 aliphatic rings. The average molecular weight is 409 g/mol. The highest BCUT2D eigenvalue weighted by Crippen LogP contribution is 2.15. The second kappa shape index (κ2) is 10.8. The van der Waals surface area contributed by atoms with Gasteiger partial charge in [0.1, 0.15) is 11.3 Å². The second-order valence-electron chi connectivity index (χ2n) is 7.94. The van der Waals surface area contributed by atoms with Gasteiger partial charge in [-0.3, -0.25) is 19.7 Å². The zero-order chi connectivity index (χ0) is 21.3. The van der Waals surface area contributed by atoms with Gasteiger partial charge in [-0.25, -0.2) is 4.98 Å². The number of unbranched alkanes of at least 4 members (excludes halogenated alkanes) is 1. The van der Waals surface area contributed by atoms with Crippen LogP contribution in [0.3, 0.4) is 0 Å². The lowest BCUT2D eigenvalue weighted by molar-refractivity contribution is -0.121. The van der Waals surface area contributed by atoms with Gasteiger partial charge in [-0.2, -0.15) is 0 Å². The molecule has 3 heterocycles. The number of pyridine rings is 1. The molecular weight excluding hydrogens is 376 g/mol. The van der Waals surface area contributed by atoms with Crippen molar-refractivity contribution in [2.45, 2.75) is 65.8 Å². The Labute approximate surface area is 178 Å². The highest BCUT2D eigenvalue weighted by atomic mass is 16.1. The molecule has 3 rings (SSSR count). The summed E-state index contributed by atoms with van der Waals surface area (Å²) in [4.78, 5) is 29.7. The summed E-state index contributed by atoms with van der Waals surface area (Å²) in [6.07, 6.45) is 12.4. The van der Waals surface area contributed by atoms with E-state index in [1.54, 1.807) is 12.4 Å². The maximum Gasteiger partial charge on any atom is 0.219 e. The molecule has 0 spiro atoms. The lowest BCUT2D eigenvalue weighted by Crippen LogP contribution is -2.25. The van der Waals surface area contributed by atoms with E-state index in [-0.39, 0.29) is 5.91 Å². The Bertz CT molecular complexity index is 967. The summed E-state index contributed by atoms with van der Waals surface area (Å²) >= 11 is 0. The predicted molar refractivity (Wildman–Crippen MR) is 118 cm³/mol. The van der Waals surface area contributed by atoms with E-state index >= 15 is 0 Å². The van der Waals surface area contributed by atoms with Gasteiger partial charge in [-0.1, -0.05) is 13.8 Å². The number of amides is 1. The molecule has 0 aromatic carbocycles. The van der Waals surface area contributed by atoms with Crippen LogP contribution in [0.4, 0.5) is 0 Å². The van der Waals surface area contributed by atoms with Gasteiger partial charge in [-0.05, 0) is 51.0 Å². The molecule has 0 saturated heterocycles. The predicted octanol–water partition coefficient (Wildman–Crippen LogP) is 3.65. The topological polar surface area (TPSA) is 85.6 Å². The number of aromatic nitrogens is 5. The molecule has 1 unspecified atom stereocenters.